The molecule has 114 valence electrons. The van der Waals surface area contributed by atoms with Crippen LogP contribution in [0.5, 0.6) is 0 Å². The van der Waals surface area contributed by atoms with Gasteiger partial charge in [0.25, 0.3) is 5.56 Å². The van der Waals surface area contributed by atoms with Crippen LogP contribution in [0.4, 0.5) is 11.5 Å². The molecule has 10 nitrogen and oxygen atoms in total. The molecule has 1 atom stereocenters. The zero-order valence-corrected chi connectivity index (χ0v) is 12.0. The van der Waals surface area contributed by atoms with Gasteiger partial charge in [0.15, 0.2) is 5.82 Å². The molecule has 0 aliphatic rings. The molecule has 0 fully saturated rings. The van der Waals surface area contributed by atoms with E-state index in [1.807, 2.05) is 6.92 Å². The highest BCUT2D eigenvalue weighted by Crippen LogP contribution is 2.23. The SMILES string of the molecule is CCSC(N)NCc1cc(=O)n2[nH]c(N)c([N+](=O)[O-])c2n1. The summed E-state index contributed by atoms with van der Waals surface area (Å²) in [5.74, 6) is 0.622. The number of hydrogen-bond donors (Lipinski definition) is 4. The number of nitrogen functional groups attached to an aromatic ring is 1. The summed E-state index contributed by atoms with van der Waals surface area (Å²) < 4.78 is 0.942. The average Bonchev–Trinajstić information content (AvgIpc) is 2.73. The van der Waals surface area contributed by atoms with Crippen LogP contribution in [0.15, 0.2) is 10.9 Å². The lowest BCUT2D eigenvalue weighted by molar-refractivity contribution is -0.382. The molecule has 0 saturated carbocycles. The number of H-pyrrole nitrogens is 1. The first-order chi connectivity index (χ1) is 9.93. The lowest BCUT2D eigenvalue weighted by Crippen LogP contribution is -2.34. The van der Waals surface area contributed by atoms with E-state index in [-0.39, 0.29) is 23.5 Å². The van der Waals surface area contributed by atoms with Crippen LogP contribution in [0.25, 0.3) is 5.65 Å². The summed E-state index contributed by atoms with van der Waals surface area (Å²) in [4.78, 5) is 26.3. The normalized spacial score (nSPS) is 12.7. The number of rotatable bonds is 6. The number of thioether (sulfide) groups is 1. The number of nitro groups is 1. The van der Waals surface area contributed by atoms with Gasteiger partial charge in [-0.15, -0.1) is 11.8 Å². The van der Waals surface area contributed by atoms with Gasteiger partial charge in [0.05, 0.1) is 10.6 Å². The summed E-state index contributed by atoms with van der Waals surface area (Å²) in [6.45, 7) is 2.19. The van der Waals surface area contributed by atoms with Gasteiger partial charge in [0.1, 0.15) is 5.50 Å². The molecule has 21 heavy (non-hydrogen) atoms. The summed E-state index contributed by atoms with van der Waals surface area (Å²) in [7, 11) is 0. The fraction of sp³-hybridized carbons (Fsp3) is 0.400. The van der Waals surface area contributed by atoms with Crippen molar-refractivity contribution in [3.63, 3.8) is 0 Å². The number of aromatic amines is 1. The maximum Gasteiger partial charge on any atom is 0.354 e. The molecule has 0 aliphatic carbocycles. The molecular formula is C10H15N7O3S. The third-order valence-electron chi connectivity index (χ3n) is 2.68. The summed E-state index contributed by atoms with van der Waals surface area (Å²) >= 11 is 1.49. The van der Waals surface area contributed by atoms with Gasteiger partial charge in [0.2, 0.25) is 5.65 Å². The first-order valence-corrected chi connectivity index (χ1v) is 7.14. The molecule has 6 N–H and O–H groups in total. The third kappa shape index (κ3) is 3.15. The molecule has 2 heterocycles. The van der Waals surface area contributed by atoms with E-state index in [9.17, 15) is 14.9 Å². The average molecular weight is 313 g/mol. The molecular weight excluding hydrogens is 298 g/mol. The van der Waals surface area contributed by atoms with E-state index >= 15 is 0 Å². The second kappa shape index (κ2) is 6.11. The maximum absolute atomic E-state index is 11.9. The van der Waals surface area contributed by atoms with Crippen molar-refractivity contribution in [2.24, 2.45) is 5.73 Å². The number of aromatic nitrogens is 3. The summed E-state index contributed by atoms with van der Waals surface area (Å²) in [5, 5.41) is 16.4. The fourth-order valence-corrected chi connectivity index (χ4v) is 2.37. The van der Waals surface area contributed by atoms with Gasteiger partial charge in [0, 0.05) is 12.6 Å². The van der Waals surface area contributed by atoms with Gasteiger partial charge in [-0.1, -0.05) is 6.92 Å². The van der Waals surface area contributed by atoms with Crippen LogP contribution in [0, 0.1) is 10.1 Å². The van der Waals surface area contributed by atoms with Crippen LogP contribution < -0.4 is 22.3 Å². The summed E-state index contributed by atoms with van der Waals surface area (Å²) in [6, 6.07) is 1.27. The van der Waals surface area contributed by atoms with Crippen LogP contribution >= 0.6 is 11.8 Å². The van der Waals surface area contributed by atoms with Crippen molar-refractivity contribution in [1.29, 1.82) is 0 Å². The van der Waals surface area contributed by atoms with Gasteiger partial charge in [-0.05, 0) is 5.75 Å². The van der Waals surface area contributed by atoms with E-state index < -0.39 is 16.2 Å². The van der Waals surface area contributed by atoms with Crippen molar-refractivity contribution in [3.8, 4) is 0 Å². The van der Waals surface area contributed by atoms with Crippen molar-refractivity contribution in [3.05, 3.63) is 32.2 Å². The molecule has 0 bridgehead atoms. The van der Waals surface area contributed by atoms with E-state index in [0.29, 0.717) is 5.69 Å². The maximum atomic E-state index is 11.9. The van der Waals surface area contributed by atoms with Gasteiger partial charge < -0.3 is 11.5 Å². The van der Waals surface area contributed by atoms with Crippen LogP contribution in [0.1, 0.15) is 12.6 Å². The molecule has 1 unspecified atom stereocenters. The standard InChI is InChI=1S/C10H15N7O3S/c1-2-21-10(12)13-4-5-3-6(18)16-9(14-5)7(17(19)20)8(11)15-16/h3,10,13,15H,2,4,11-12H2,1H3. The lowest BCUT2D eigenvalue weighted by atomic mass is 10.4. The monoisotopic (exact) mass is 313 g/mol. The minimum Gasteiger partial charge on any atom is -0.378 e. The van der Waals surface area contributed by atoms with Gasteiger partial charge >= 0.3 is 5.69 Å². The minimum absolute atomic E-state index is 0.112. The predicted octanol–water partition coefficient (Wildman–Crippen LogP) is -0.402. The Kier molecular flexibility index (Phi) is 4.45. The molecule has 0 saturated heterocycles. The number of nitrogens with one attached hydrogen (secondary N) is 2. The van der Waals surface area contributed by atoms with E-state index in [2.05, 4.69) is 15.4 Å². The molecule has 2 rings (SSSR count). The Morgan fingerprint density at radius 2 is 2.38 bits per heavy atom. The van der Waals surface area contributed by atoms with Gasteiger partial charge in [-0.25, -0.2) is 4.98 Å². The smallest absolute Gasteiger partial charge is 0.354 e. The molecule has 0 radical (unpaired) electrons. The minimum atomic E-state index is -0.677. The third-order valence-corrected chi connectivity index (χ3v) is 3.54. The second-order valence-corrected chi connectivity index (χ2v) is 5.55. The van der Waals surface area contributed by atoms with Crippen LogP contribution in [-0.4, -0.2) is 30.8 Å². The highest BCUT2D eigenvalue weighted by Gasteiger charge is 2.23. The molecule has 0 aliphatic heterocycles. The van der Waals surface area contributed by atoms with E-state index in [1.54, 1.807) is 0 Å². The van der Waals surface area contributed by atoms with Crippen molar-refractivity contribution in [2.45, 2.75) is 19.0 Å². The number of anilines is 1. The zero-order valence-electron chi connectivity index (χ0n) is 11.2. The van der Waals surface area contributed by atoms with Crippen LogP contribution in [0.2, 0.25) is 0 Å². The van der Waals surface area contributed by atoms with Crippen LogP contribution in [-0.2, 0) is 6.54 Å². The summed E-state index contributed by atoms with van der Waals surface area (Å²) in [6.07, 6.45) is 0. The fourth-order valence-electron chi connectivity index (χ4n) is 1.80. The second-order valence-electron chi connectivity index (χ2n) is 4.13. The Balaban J connectivity index is 2.37. The Morgan fingerprint density at radius 1 is 1.67 bits per heavy atom. The predicted molar refractivity (Wildman–Crippen MR) is 79.8 cm³/mol. The van der Waals surface area contributed by atoms with Crippen molar-refractivity contribution < 1.29 is 4.92 Å². The molecule has 2 aromatic heterocycles. The topological polar surface area (TPSA) is 157 Å². The zero-order chi connectivity index (χ0) is 15.6. The lowest BCUT2D eigenvalue weighted by Gasteiger charge is -2.11. The molecule has 11 heteroatoms. The van der Waals surface area contributed by atoms with E-state index in [4.69, 9.17) is 11.5 Å². The van der Waals surface area contributed by atoms with Crippen molar-refractivity contribution >= 4 is 28.9 Å². The Morgan fingerprint density at radius 3 is 3.00 bits per heavy atom. The van der Waals surface area contributed by atoms with E-state index in [0.717, 1.165) is 10.3 Å². The quantitative estimate of drug-likeness (QED) is 0.318. The Hall–Kier alpha value is -2.11. The van der Waals surface area contributed by atoms with E-state index in [1.165, 1.54) is 17.8 Å². The molecule has 0 spiro atoms. The number of nitrogens with two attached hydrogens (primary N) is 2. The molecule has 2 aromatic rings. The number of nitrogens with zero attached hydrogens (tertiary/aromatic N) is 3. The molecule has 0 aromatic carbocycles. The highest BCUT2D eigenvalue weighted by atomic mass is 32.2. The van der Waals surface area contributed by atoms with Crippen molar-refractivity contribution in [1.82, 2.24) is 19.9 Å². The first kappa shape index (κ1) is 15.3. The number of fused-ring (bicyclic) bond motifs is 1. The molecule has 0 amide bonds. The van der Waals surface area contributed by atoms with Crippen molar-refractivity contribution in [2.75, 3.05) is 11.5 Å². The van der Waals surface area contributed by atoms with Gasteiger partial charge in [-0.3, -0.25) is 25.3 Å². The van der Waals surface area contributed by atoms with Crippen LogP contribution in [0.3, 0.4) is 0 Å². The van der Waals surface area contributed by atoms with Gasteiger partial charge in [-0.2, -0.15) is 4.52 Å². The number of hydrogen-bond acceptors (Lipinski definition) is 8. The highest BCUT2D eigenvalue weighted by molar-refractivity contribution is 7.99. The first-order valence-electron chi connectivity index (χ1n) is 6.09. The Labute approximate surface area is 123 Å². The largest absolute Gasteiger partial charge is 0.378 e. The Bertz CT molecular complexity index is 725. The summed E-state index contributed by atoms with van der Waals surface area (Å²) in [5.41, 5.74) is 10.3.